The van der Waals surface area contributed by atoms with Crippen molar-refractivity contribution in [1.82, 2.24) is 10.3 Å². The third-order valence-corrected chi connectivity index (χ3v) is 5.36. The highest BCUT2D eigenvalue weighted by Crippen LogP contribution is 2.29. The maximum absolute atomic E-state index is 12.0. The number of carbonyl (C=O) groups excluding carboxylic acids is 1. The smallest absolute Gasteiger partial charge is 0.237 e. The fourth-order valence-electron chi connectivity index (χ4n) is 1.94. The second-order valence-electron chi connectivity index (χ2n) is 6.40. The molecular formula is C16H24ClN3OS2. The van der Waals surface area contributed by atoms with Crippen molar-refractivity contribution in [1.29, 1.82) is 0 Å². The van der Waals surface area contributed by atoms with Crippen LogP contribution in [-0.2, 0) is 11.2 Å². The van der Waals surface area contributed by atoms with Crippen LogP contribution in [-0.4, -0.2) is 23.5 Å². The summed E-state index contributed by atoms with van der Waals surface area (Å²) in [6.45, 7) is 8.53. The number of hydrogen-bond acceptors (Lipinski definition) is 5. The molecule has 2 aromatic heterocycles. The van der Waals surface area contributed by atoms with Crippen LogP contribution in [0.15, 0.2) is 17.5 Å². The van der Waals surface area contributed by atoms with E-state index in [9.17, 15) is 4.79 Å². The molecule has 0 spiro atoms. The molecule has 1 amide bonds. The highest BCUT2D eigenvalue weighted by atomic mass is 35.5. The van der Waals surface area contributed by atoms with Crippen molar-refractivity contribution in [3.63, 3.8) is 0 Å². The van der Waals surface area contributed by atoms with Crippen molar-refractivity contribution in [2.24, 2.45) is 11.1 Å². The van der Waals surface area contributed by atoms with Gasteiger partial charge in [-0.05, 0) is 30.9 Å². The van der Waals surface area contributed by atoms with Gasteiger partial charge in [-0.15, -0.1) is 35.1 Å². The predicted molar refractivity (Wildman–Crippen MR) is 102 cm³/mol. The average molecular weight is 374 g/mol. The van der Waals surface area contributed by atoms with Crippen LogP contribution in [0.1, 0.15) is 30.7 Å². The standard InChI is InChI=1S/C16H23N3OS2.ClH/c1-10-19-12(9-21-10)13-6-5-11(22-13)7-8-18-15(20)14(17)16(2,3)4;/h5-6,9,14H,7-8,17H2,1-4H3,(H,18,20);1H/t14-;/m1./s1. The van der Waals surface area contributed by atoms with E-state index in [4.69, 9.17) is 5.73 Å². The molecule has 2 rings (SSSR count). The van der Waals surface area contributed by atoms with Crippen LogP contribution in [0.5, 0.6) is 0 Å². The van der Waals surface area contributed by atoms with Gasteiger partial charge in [-0.2, -0.15) is 0 Å². The normalized spacial score (nSPS) is 12.6. The van der Waals surface area contributed by atoms with E-state index in [1.807, 2.05) is 27.7 Å². The number of thiazole rings is 1. The second-order valence-corrected chi connectivity index (χ2v) is 8.63. The molecule has 0 aliphatic rings. The number of amides is 1. The van der Waals surface area contributed by atoms with Crippen molar-refractivity contribution in [2.75, 3.05) is 6.54 Å². The van der Waals surface area contributed by atoms with E-state index < -0.39 is 6.04 Å². The van der Waals surface area contributed by atoms with E-state index in [0.717, 1.165) is 17.1 Å². The second kappa shape index (κ2) is 8.24. The Bertz CT molecular complexity index is 646. The molecule has 23 heavy (non-hydrogen) atoms. The summed E-state index contributed by atoms with van der Waals surface area (Å²) in [5, 5.41) is 6.08. The molecule has 0 saturated heterocycles. The number of aromatic nitrogens is 1. The molecule has 7 heteroatoms. The summed E-state index contributed by atoms with van der Waals surface area (Å²) in [4.78, 5) is 18.9. The average Bonchev–Trinajstić information content (AvgIpc) is 3.05. The van der Waals surface area contributed by atoms with Crippen LogP contribution in [0.4, 0.5) is 0 Å². The molecule has 0 bridgehead atoms. The highest BCUT2D eigenvalue weighted by molar-refractivity contribution is 7.16. The Balaban J connectivity index is 0.00000264. The molecular weight excluding hydrogens is 350 g/mol. The van der Waals surface area contributed by atoms with Crippen LogP contribution in [0, 0.1) is 12.3 Å². The minimum atomic E-state index is -0.482. The number of nitrogens with zero attached hydrogens (tertiary/aromatic N) is 1. The van der Waals surface area contributed by atoms with Crippen molar-refractivity contribution in [3.05, 3.63) is 27.4 Å². The minimum Gasteiger partial charge on any atom is -0.354 e. The molecule has 0 radical (unpaired) electrons. The summed E-state index contributed by atoms with van der Waals surface area (Å²) in [6.07, 6.45) is 0.816. The van der Waals surface area contributed by atoms with Gasteiger partial charge in [0.1, 0.15) is 0 Å². The Morgan fingerprint density at radius 3 is 2.65 bits per heavy atom. The lowest BCUT2D eigenvalue weighted by Gasteiger charge is -2.25. The van der Waals surface area contributed by atoms with Crippen molar-refractivity contribution >= 4 is 41.0 Å². The van der Waals surface area contributed by atoms with Crippen LogP contribution < -0.4 is 11.1 Å². The Kier molecular flexibility index (Phi) is 7.20. The van der Waals surface area contributed by atoms with Gasteiger partial charge in [0, 0.05) is 16.8 Å². The topological polar surface area (TPSA) is 68.0 Å². The van der Waals surface area contributed by atoms with Gasteiger partial charge in [0.2, 0.25) is 5.91 Å². The monoisotopic (exact) mass is 373 g/mol. The molecule has 128 valence electrons. The zero-order valence-electron chi connectivity index (χ0n) is 13.9. The summed E-state index contributed by atoms with van der Waals surface area (Å²) in [6, 6.07) is 3.71. The number of nitrogens with two attached hydrogens (primary N) is 1. The van der Waals surface area contributed by atoms with Crippen molar-refractivity contribution < 1.29 is 4.79 Å². The number of carbonyl (C=O) groups is 1. The molecule has 0 aliphatic carbocycles. The Morgan fingerprint density at radius 1 is 1.39 bits per heavy atom. The number of hydrogen-bond donors (Lipinski definition) is 2. The number of halogens is 1. The van der Waals surface area contributed by atoms with Crippen LogP contribution in [0.25, 0.3) is 10.6 Å². The molecule has 0 aromatic carbocycles. The van der Waals surface area contributed by atoms with Crippen molar-refractivity contribution in [3.8, 4) is 10.6 Å². The Morgan fingerprint density at radius 2 is 2.09 bits per heavy atom. The predicted octanol–water partition coefficient (Wildman–Crippen LogP) is 3.63. The number of rotatable bonds is 5. The van der Waals surface area contributed by atoms with Gasteiger partial charge in [-0.25, -0.2) is 4.98 Å². The largest absolute Gasteiger partial charge is 0.354 e. The first-order chi connectivity index (χ1) is 10.3. The van der Waals surface area contributed by atoms with Gasteiger partial charge in [-0.1, -0.05) is 20.8 Å². The zero-order valence-corrected chi connectivity index (χ0v) is 16.3. The van der Waals surface area contributed by atoms with E-state index in [1.54, 1.807) is 22.7 Å². The van der Waals surface area contributed by atoms with Gasteiger partial charge in [-0.3, -0.25) is 4.79 Å². The van der Waals surface area contributed by atoms with E-state index >= 15 is 0 Å². The highest BCUT2D eigenvalue weighted by Gasteiger charge is 2.26. The van der Waals surface area contributed by atoms with E-state index in [0.29, 0.717) is 6.54 Å². The van der Waals surface area contributed by atoms with E-state index in [-0.39, 0.29) is 23.7 Å². The fraction of sp³-hybridized carbons (Fsp3) is 0.500. The third kappa shape index (κ3) is 5.57. The molecule has 3 N–H and O–H groups in total. The van der Waals surface area contributed by atoms with Crippen LogP contribution in [0.2, 0.25) is 0 Å². The lowest BCUT2D eigenvalue weighted by Crippen LogP contribution is -2.48. The van der Waals surface area contributed by atoms with Gasteiger partial charge >= 0.3 is 0 Å². The van der Waals surface area contributed by atoms with Gasteiger partial charge < -0.3 is 11.1 Å². The molecule has 2 aromatic rings. The van der Waals surface area contributed by atoms with Gasteiger partial charge in [0.15, 0.2) is 0 Å². The molecule has 1 atom stereocenters. The number of thiophene rings is 1. The van der Waals surface area contributed by atoms with E-state index in [1.165, 1.54) is 9.75 Å². The molecule has 0 aliphatic heterocycles. The SMILES string of the molecule is Cc1nc(-c2ccc(CCNC(=O)[C@@H](N)C(C)(C)C)s2)cs1.Cl. The summed E-state index contributed by atoms with van der Waals surface area (Å²) in [5.41, 5.74) is 6.76. The van der Waals surface area contributed by atoms with Crippen molar-refractivity contribution in [2.45, 2.75) is 40.2 Å². The van der Waals surface area contributed by atoms with E-state index in [2.05, 4.69) is 27.8 Å². The zero-order chi connectivity index (χ0) is 16.3. The lowest BCUT2D eigenvalue weighted by molar-refractivity contribution is -0.124. The number of nitrogens with one attached hydrogen (secondary N) is 1. The summed E-state index contributed by atoms with van der Waals surface area (Å²) < 4.78 is 0. The number of aryl methyl sites for hydroxylation is 1. The van der Waals surface area contributed by atoms with Gasteiger partial charge in [0.25, 0.3) is 0 Å². The Hall–Kier alpha value is -0.950. The molecule has 4 nitrogen and oxygen atoms in total. The summed E-state index contributed by atoms with van der Waals surface area (Å²) in [7, 11) is 0. The first-order valence-electron chi connectivity index (χ1n) is 7.32. The maximum Gasteiger partial charge on any atom is 0.237 e. The third-order valence-electron chi connectivity index (χ3n) is 3.42. The summed E-state index contributed by atoms with van der Waals surface area (Å²) in [5.74, 6) is -0.0839. The lowest BCUT2D eigenvalue weighted by atomic mass is 9.87. The molecule has 0 fully saturated rings. The van der Waals surface area contributed by atoms with Crippen LogP contribution >= 0.6 is 35.1 Å². The maximum atomic E-state index is 12.0. The molecule has 0 saturated carbocycles. The van der Waals surface area contributed by atoms with Gasteiger partial charge in [0.05, 0.1) is 21.6 Å². The molecule has 0 unspecified atom stereocenters. The first-order valence-corrected chi connectivity index (χ1v) is 9.01. The van der Waals surface area contributed by atoms with Crippen LogP contribution in [0.3, 0.4) is 0 Å². The Labute approximate surface area is 151 Å². The summed E-state index contributed by atoms with van der Waals surface area (Å²) >= 11 is 3.39. The quantitative estimate of drug-likeness (QED) is 0.840. The minimum absolute atomic E-state index is 0. The first kappa shape index (κ1) is 20.1. The fourth-order valence-corrected chi connectivity index (χ4v) is 3.59. The molecule has 2 heterocycles.